The summed E-state index contributed by atoms with van der Waals surface area (Å²) < 4.78 is 4.82. The highest BCUT2D eigenvalue weighted by atomic mass is 15.2. The maximum atomic E-state index is 2.44. The SMILES string of the molecule is c1ccc(-n2c3ccccc3c3cc(-c4ccc5c(c4)c4ccccc4n5-c4ccc5c(c4)[NH+](c4ccccc4)c4ccccc4-5)ccc32)cc1. The van der Waals surface area contributed by atoms with Crippen molar-refractivity contribution in [1.29, 1.82) is 0 Å². The average molecular weight is 651 g/mol. The van der Waals surface area contributed by atoms with Crippen molar-refractivity contribution >= 4 is 60.7 Å². The predicted octanol–water partition coefficient (Wildman–Crippen LogP) is 11.7. The van der Waals surface area contributed by atoms with Crippen LogP contribution in [-0.2, 0) is 0 Å². The normalized spacial score (nSPS) is 13.7. The van der Waals surface area contributed by atoms with Gasteiger partial charge in [0.15, 0.2) is 5.69 Å². The second-order valence-corrected chi connectivity index (χ2v) is 13.5. The maximum absolute atomic E-state index is 2.44. The van der Waals surface area contributed by atoms with Crippen LogP contribution >= 0.6 is 0 Å². The van der Waals surface area contributed by atoms with Gasteiger partial charge in [-0.3, -0.25) is 0 Å². The first-order valence-corrected chi connectivity index (χ1v) is 17.6. The second kappa shape index (κ2) is 10.9. The average Bonchev–Trinajstić information content (AvgIpc) is 3.83. The highest BCUT2D eigenvalue weighted by Crippen LogP contribution is 2.42. The lowest BCUT2D eigenvalue weighted by Gasteiger charge is -2.16. The molecule has 0 amide bonds. The summed E-state index contributed by atoms with van der Waals surface area (Å²) in [5.74, 6) is 0. The van der Waals surface area contributed by atoms with Crippen LogP contribution in [0.1, 0.15) is 0 Å². The summed E-state index contributed by atoms with van der Waals surface area (Å²) in [4.78, 5) is 1.30. The molecule has 8 aromatic carbocycles. The highest BCUT2D eigenvalue weighted by Gasteiger charge is 2.33. The highest BCUT2D eigenvalue weighted by molar-refractivity contribution is 6.12. The molecule has 0 saturated carbocycles. The lowest BCUT2D eigenvalue weighted by molar-refractivity contribution is -0.677. The lowest BCUT2D eigenvalue weighted by atomic mass is 10.0. The first kappa shape index (κ1) is 28.2. The van der Waals surface area contributed by atoms with Gasteiger partial charge in [0.1, 0.15) is 11.4 Å². The Kier molecular flexibility index (Phi) is 6.03. The van der Waals surface area contributed by atoms with E-state index in [0.29, 0.717) is 0 Å². The van der Waals surface area contributed by atoms with Gasteiger partial charge in [0.05, 0.1) is 27.8 Å². The summed E-state index contributed by atoms with van der Waals surface area (Å²) in [6.45, 7) is 0. The molecule has 0 bridgehead atoms. The van der Waals surface area contributed by atoms with Crippen molar-refractivity contribution in [2.45, 2.75) is 0 Å². The van der Waals surface area contributed by atoms with Gasteiger partial charge >= 0.3 is 0 Å². The van der Waals surface area contributed by atoms with Crippen LogP contribution in [0.2, 0.25) is 0 Å². The van der Waals surface area contributed by atoms with Crippen LogP contribution in [-0.4, -0.2) is 9.13 Å². The molecule has 238 valence electrons. The molecule has 0 aliphatic carbocycles. The molecular weight excluding hydrogens is 619 g/mol. The zero-order valence-corrected chi connectivity index (χ0v) is 27.8. The largest absolute Gasteiger partial charge is 0.309 e. The van der Waals surface area contributed by atoms with E-state index in [1.165, 1.54) is 99.2 Å². The number of fused-ring (bicyclic) bond motifs is 9. The number of hydrogen-bond acceptors (Lipinski definition) is 0. The van der Waals surface area contributed by atoms with Gasteiger partial charge in [-0.2, -0.15) is 0 Å². The van der Waals surface area contributed by atoms with E-state index in [9.17, 15) is 0 Å². The third kappa shape index (κ3) is 4.16. The fraction of sp³-hybridized carbons (Fsp3) is 0. The van der Waals surface area contributed by atoms with Crippen LogP contribution in [0.5, 0.6) is 0 Å². The van der Waals surface area contributed by atoms with Gasteiger partial charge in [-0.1, -0.05) is 97.1 Å². The zero-order chi connectivity index (χ0) is 33.5. The van der Waals surface area contributed by atoms with Crippen LogP contribution in [0.3, 0.4) is 0 Å². The van der Waals surface area contributed by atoms with Crippen molar-refractivity contribution in [2.24, 2.45) is 0 Å². The number of hydrogen-bond donors (Lipinski definition) is 1. The predicted molar refractivity (Wildman–Crippen MR) is 212 cm³/mol. The van der Waals surface area contributed by atoms with Crippen LogP contribution in [0, 0.1) is 0 Å². The van der Waals surface area contributed by atoms with Gasteiger partial charge in [0.25, 0.3) is 0 Å². The van der Waals surface area contributed by atoms with E-state index in [1.54, 1.807) is 0 Å². The molecule has 0 fully saturated rings. The van der Waals surface area contributed by atoms with Crippen molar-refractivity contribution in [3.63, 3.8) is 0 Å². The van der Waals surface area contributed by atoms with Crippen molar-refractivity contribution < 1.29 is 4.90 Å². The quantitative estimate of drug-likeness (QED) is 0.195. The molecule has 1 N–H and O–H groups in total. The minimum atomic E-state index is 1.17. The molecule has 3 heteroatoms. The third-order valence-corrected chi connectivity index (χ3v) is 10.8. The molecular formula is C48H32N3+. The Balaban J connectivity index is 1.08. The van der Waals surface area contributed by atoms with Crippen molar-refractivity contribution in [2.75, 3.05) is 0 Å². The number of aromatic nitrogens is 2. The first-order valence-electron chi connectivity index (χ1n) is 17.6. The van der Waals surface area contributed by atoms with E-state index >= 15 is 0 Å². The monoisotopic (exact) mass is 650 g/mol. The minimum absolute atomic E-state index is 1.17. The standard InChI is InChI=1S/C48H31N3/c1-3-13-34(14-4-1)49-44-21-11-8-18-38(44)41-29-32(23-27-46(41)49)33-24-28-47-42(30-33)39-19-9-12-22-45(39)51(47)36-25-26-40-37-17-7-10-20-43(37)50(48(40)31-36)35-15-5-2-6-16-35/h1-31H/p+1. The molecule has 51 heavy (non-hydrogen) atoms. The van der Waals surface area contributed by atoms with Gasteiger partial charge in [0.2, 0.25) is 0 Å². The number of nitrogens with zero attached hydrogens (tertiary/aromatic N) is 2. The summed E-state index contributed by atoms with van der Waals surface area (Å²) in [7, 11) is 0. The van der Waals surface area contributed by atoms with Crippen molar-refractivity contribution in [1.82, 2.24) is 9.13 Å². The number of rotatable bonds is 4. The summed E-state index contributed by atoms with van der Waals surface area (Å²) in [6.07, 6.45) is 0. The Morgan fingerprint density at radius 3 is 1.49 bits per heavy atom. The Morgan fingerprint density at radius 1 is 0.314 bits per heavy atom. The fourth-order valence-electron chi connectivity index (χ4n) is 8.55. The molecule has 11 rings (SSSR count). The molecule has 0 spiro atoms. The molecule has 0 saturated heterocycles. The van der Waals surface area contributed by atoms with Gasteiger partial charge in [-0.05, 0) is 90.0 Å². The second-order valence-electron chi connectivity index (χ2n) is 13.5. The van der Waals surface area contributed by atoms with Gasteiger partial charge < -0.3 is 9.13 Å². The van der Waals surface area contributed by atoms with E-state index in [1.807, 2.05) is 0 Å². The molecule has 1 unspecified atom stereocenters. The Hall–Kier alpha value is -6.68. The topological polar surface area (TPSA) is 14.3 Å². The van der Waals surface area contributed by atoms with E-state index in [2.05, 4.69) is 197 Å². The zero-order valence-electron chi connectivity index (χ0n) is 27.8. The fourth-order valence-corrected chi connectivity index (χ4v) is 8.55. The molecule has 2 aromatic heterocycles. The Morgan fingerprint density at radius 2 is 0.824 bits per heavy atom. The number of benzene rings is 8. The molecule has 3 nitrogen and oxygen atoms in total. The van der Waals surface area contributed by atoms with Crippen molar-refractivity contribution in [3.8, 4) is 33.6 Å². The smallest absolute Gasteiger partial charge is 0.151 e. The summed E-state index contributed by atoms with van der Waals surface area (Å²) in [6, 6.07) is 68.8. The first-order chi connectivity index (χ1) is 25.3. The van der Waals surface area contributed by atoms with Crippen molar-refractivity contribution in [3.05, 3.63) is 188 Å². The minimum Gasteiger partial charge on any atom is -0.309 e. The molecule has 1 aliphatic rings. The van der Waals surface area contributed by atoms with Gasteiger partial charge in [-0.15, -0.1) is 0 Å². The van der Waals surface area contributed by atoms with Crippen LogP contribution < -0.4 is 4.90 Å². The summed E-state index contributed by atoms with van der Waals surface area (Å²) >= 11 is 0. The van der Waals surface area contributed by atoms with E-state index in [-0.39, 0.29) is 0 Å². The summed E-state index contributed by atoms with van der Waals surface area (Å²) in [5, 5.41) is 5.04. The van der Waals surface area contributed by atoms with Crippen LogP contribution in [0.4, 0.5) is 17.1 Å². The van der Waals surface area contributed by atoms with E-state index < -0.39 is 0 Å². The summed E-state index contributed by atoms with van der Waals surface area (Å²) in [5.41, 5.74) is 16.1. The van der Waals surface area contributed by atoms with Crippen LogP contribution in [0.25, 0.3) is 77.2 Å². The van der Waals surface area contributed by atoms with Gasteiger partial charge in [-0.25, -0.2) is 4.90 Å². The molecule has 0 radical (unpaired) electrons. The lowest BCUT2D eigenvalue weighted by Crippen LogP contribution is -2.95. The van der Waals surface area contributed by atoms with E-state index in [4.69, 9.17) is 0 Å². The van der Waals surface area contributed by atoms with Gasteiger partial charge in [0, 0.05) is 50.5 Å². The molecule has 10 aromatic rings. The molecule has 3 heterocycles. The molecule has 1 atom stereocenters. The number of quaternary nitrogens is 1. The molecule has 1 aliphatic heterocycles. The van der Waals surface area contributed by atoms with Crippen LogP contribution in [0.15, 0.2) is 188 Å². The number of para-hydroxylation sites is 5. The third-order valence-electron chi connectivity index (χ3n) is 10.8. The maximum Gasteiger partial charge on any atom is 0.151 e. The van der Waals surface area contributed by atoms with E-state index in [0.717, 1.165) is 0 Å². The Bertz CT molecular complexity index is 2970. The number of nitrogens with one attached hydrogen (secondary N) is 1. The Labute approximate surface area is 295 Å².